The summed E-state index contributed by atoms with van der Waals surface area (Å²) in [6, 6.07) is 0. The lowest BCUT2D eigenvalue weighted by atomic mass is 9.67. The Morgan fingerprint density at radius 1 is 1.40 bits per heavy atom. The van der Waals surface area contributed by atoms with Gasteiger partial charge >= 0.3 is 0 Å². The third-order valence-electron chi connectivity index (χ3n) is 4.15. The highest BCUT2D eigenvalue weighted by atomic mass is 16.3. The van der Waals surface area contributed by atoms with Crippen molar-refractivity contribution < 1.29 is 5.11 Å². The fourth-order valence-corrected chi connectivity index (χ4v) is 2.98. The average Bonchev–Trinajstić information content (AvgIpc) is 2.41. The lowest BCUT2D eigenvalue weighted by Gasteiger charge is -2.38. The number of fused-ring (bicyclic) bond motifs is 1. The highest BCUT2D eigenvalue weighted by Crippen LogP contribution is 2.47. The maximum absolute atomic E-state index is 10.0. The topological polar surface area (TPSA) is 20.2 Å². The van der Waals surface area contributed by atoms with Crippen LogP contribution in [-0.2, 0) is 0 Å². The highest BCUT2D eigenvalue weighted by molar-refractivity contribution is 5.36. The normalized spacial score (nSPS) is 36.4. The molecule has 1 N–H and O–H groups in total. The van der Waals surface area contributed by atoms with Crippen molar-refractivity contribution in [2.45, 2.75) is 46.1 Å². The fraction of sp³-hybridized carbons (Fsp3) is 0.714. The molecule has 2 aliphatic carbocycles. The molecule has 1 unspecified atom stereocenters. The molecular weight excluding hydrogens is 184 g/mol. The van der Waals surface area contributed by atoms with Crippen molar-refractivity contribution in [2.75, 3.05) is 0 Å². The van der Waals surface area contributed by atoms with E-state index in [0.717, 1.165) is 24.3 Å². The van der Waals surface area contributed by atoms with Crippen LogP contribution in [-0.4, -0.2) is 11.2 Å². The molecule has 1 fully saturated rings. The molecule has 0 radical (unpaired) electrons. The maximum Gasteiger partial charge on any atom is 0.0849 e. The molecule has 84 valence electrons. The molecule has 0 aromatic rings. The monoisotopic (exact) mass is 206 g/mol. The summed E-state index contributed by atoms with van der Waals surface area (Å²) in [5, 5.41) is 10.0. The van der Waals surface area contributed by atoms with Gasteiger partial charge in [-0.05, 0) is 36.2 Å². The molecule has 0 amide bonds. The summed E-state index contributed by atoms with van der Waals surface area (Å²) in [5.74, 6) is 1.11. The summed E-state index contributed by atoms with van der Waals surface area (Å²) in [6.07, 6.45) is 5.38. The standard InChI is InChI=1S/C14H22O/c1-9-7-10-5-6-11(14(2,3)4)8-12(10)13(9)15/h7,11-13,15H,1,5-6,8H2,2-4H3/t11?,12-,13-/m0/s1. The van der Waals surface area contributed by atoms with E-state index in [4.69, 9.17) is 0 Å². The van der Waals surface area contributed by atoms with Gasteiger partial charge in [0.25, 0.3) is 0 Å². The molecule has 0 aromatic heterocycles. The summed E-state index contributed by atoms with van der Waals surface area (Å²) in [5.41, 5.74) is 2.73. The Morgan fingerprint density at radius 2 is 2.07 bits per heavy atom. The lowest BCUT2D eigenvalue weighted by molar-refractivity contribution is 0.103. The van der Waals surface area contributed by atoms with Gasteiger partial charge < -0.3 is 5.11 Å². The number of rotatable bonds is 0. The second-order valence-electron chi connectivity index (χ2n) is 6.18. The van der Waals surface area contributed by atoms with Gasteiger partial charge in [0.15, 0.2) is 0 Å². The van der Waals surface area contributed by atoms with Crippen molar-refractivity contribution in [3.63, 3.8) is 0 Å². The van der Waals surface area contributed by atoms with Crippen LogP contribution in [0.4, 0.5) is 0 Å². The summed E-state index contributed by atoms with van der Waals surface area (Å²) >= 11 is 0. The molecule has 1 nitrogen and oxygen atoms in total. The zero-order chi connectivity index (χ0) is 11.2. The van der Waals surface area contributed by atoms with E-state index in [0.29, 0.717) is 11.3 Å². The van der Waals surface area contributed by atoms with Gasteiger partial charge in [-0.15, -0.1) is 0 Å². The third kappa shape index (κ3) is 1.90. The van der Waals surface area contributed by atoms with E-state index in [1.165, 1.54) is 12.0 Å². The van der Waals surface area contributed by atoms with Gasteiger partial charge in [0.1, 0.15) is 0 Å². The molecule has 2 aliphatic rings. The molecule has 0 bridgehead atoms. The minimum Gasteiger partial charge on any atom is -0.388 e. The second-order valence-corrected chi connectivity index (χ2v) is 6.18. The van der Waals surface area contributed by atoms with Crippen LogP contribution < -0.4 is 0 Å². The summed E-state index contributed by atoms with van der Waals surface area (Å²) in [7, 11) is 0. The Bertz CT molecular complexity index is 306. The zero-order valence-corrected chi connectivity index (χ0v) is 10.1. The molecule has 3 atom stereocenters. The Kier molecular flexibility index (Phi) is 2.54. The molecule has 1 heteroatoms. The van der Waals surface area contributed by atoms with E-state index in [1.807, 2.05) is 0 Å². The predicted octanol–water partition coefficient (Wildman–Crippen LogP) is 3.31. The van der Waals surface area contributed by atoms with Crippen LogP contribution in [0.3, 0.4) is 0 Å². The Balaban J connectivity index is 2.13. The first-order valence-electron chi connectivity index (χ1n) is 5.97. The van der Waals surface area contributed by atoms with Crippen LogP contribution in [0.1, 0.15) is 40.0 Å². The van der Waals surface area contributed by atoms with Crippen LogP contribution in [0.15, 0.2) is 23.8 Å². The van der Waals surface area contributed by atoms with Gasteiger partial charge in [-0.25, -0.2) is 0 Å². The maximum atomic E-state index is 10.0. The quantitative estimate of drug-likeness (QED) is 0.644. The zero-order valence-electron chi connectivity index (χ0n) is 10.1. The highest BCUT2D eigenvalue weighted by Gasteiger charge is 2.39. The first kappa shape index (κ1) is 10.9. The lowest BCUT2D eigenvalue weighted by Crippen LogP contribution is -2.31. The minimum absolute atomic E-state index is 0.301. The van der Waals surface area contributed by atoms with Crippen molar-refractivity contribution in [2.24, 2.45) is 17.3 Å². The SMILES string of the molecule is C=C1C=C2CCC(C(C)(C)C)C[C@@H]2[C@H]1O. The summed E-state index contributed by atoms with van der Waals surface area (Å²) in [6.45, 7) is 10.8. The Labute approximate surface area is 92.9 Å². The molecule has 0 heterocycles. The summed E-state index contributed by atoms with van der Waals surface area (Å²) in [4.78, 5) is 0. The van der Waals surface area contributed by atoms with Crippen molar-refractivity contribution in [1.29, 1.82) is 0 Å². The van der Waals surface area contributed by atoms with E-state index in [1.54, 1.807) is 0 Å². The van der Waals surface area contributed by atoms with Crippen LogP contribution in [0.25, 0.3) is 0 Å². The van der Waals surface area contributed by atoms with Crippen LogP contribution in [0, 0.1) is 17.3 Å². The smallest absolute Gasteiger partial charge is 0.0849 e. The van der Waals surface area contributed by atoms with Gasteiger partial charge in [0, 0.05) is 5.92 Å². The molecule has 0 saturated heterocycles. The number of hydrogen-bond donors (Lipinski definition) is 1. The summed E-state index contributed by atoms with van der Waals surface area (Å²) < 4.78 is 0. The van der Waals surface area contributed by atoms with Gasteiger partial charge in [-0.2, -0.15) is 0 Å². The average molecular weight is 206 g/mol. The molecule has 0 spiro atoms. The van der Waals surface area contributed by atoms with Crippen molar-refractivity contribution in [3.05, 3.63) is 23.8 Å². The van der Waals surface area contributed by atoms with E-state index >= 15 is 0 Å². The molecular formula is C14H22O. The van der Waals surface area contributed by atoms with Crippen LogP contribution >= 0.6 is 0 Å². The second kappa shape index (κ2) is 3.48. The Morgan fingerprint density at radius 3 is 2.67 bits per heavy atom. The largest absolute Gasteiger partial charge is 0.388 e. The van der Waals surface area contributed by atoms with E-state index in [9.17, 15) is 5.11 Å². The molecule has 15 heavy (non-hydrogen) atoms. The third-order valence-corrected chi connectivity index (χ3v) is 4.15. The van der Waals surface area contributed by atoms with Gasteiger partial charge in [0.05, 0.1) is 6.10 Å². The first-order valence-corrected chi connectivity index (χ1v) is 5.97. The predicted molar refractivity (Wildman–Crippen MR) is 63.5 cm³/mol. The minimum atomic E-state index is -0.301. The molecule has 2 rings (SSSR count). The first-order chi connectivity index (χ1) is 6.89. The van der Waals surface area contributed by atoms with Crippen LogP contribution in [0.5, 0.6) is 0 Å². The number of aliphatic hydroxyl groups excluding tert-OH is 1. The van der Waals surface area contributed by atoms with Gasteiger partial charge in [-0.1, -0.05) is 39.0 Å². The van der Waals surface area contributed by atoms with E-state index in [-0.39, 0.29) is 6.10 Å². The molecule has 1 saturated carbocycles. The molecule has 0 aromatic carbocycles. The van der Waals surface area contributed by atoms with E-state index in [2.05, 4.69) is 33.4 Å². The van der Waals surface area contributed by atoms with Crippen LogP contribution in [0.2, 0.25) is 0 Å². The fourth-order valence-electron chi connectivity index (χ4n) is 2.98. The van der Waals surface area contributed by atoms with Crippen molar-refractivity contribution in [1.82, 2.24) is 0 Å². The van der Waals surface area contributed by atoms with Crippen molar-refractivity contribution >= 4 is 0 Å². The van der Waals surface area contributed by atoms with Gasteiger partial charge in [-0.3, -0.25) is 0 Å². The number of aliphatic hydroxyl groups is 1. The van der Waals surface area contributed by atoms with Gasteiger partial charge in [0.2, 0.25) is 0 Å². The van der Waals surface area contributed by atoms with Crippen molar-refractivity contribution in [3.8, 4) is 0 Å². The number of hydrogen-bond acceptors (Lipinski definition) is 1. The Hall–Kier alpha value is -0.560. The van der Waals surface area contributed by atoms with E-state index < -0.39 is 0 Å². The molecule has 0 aliphatic heterocycles.